The summed E-state index contributed by atoms with van der Waals surface area (Å²) < 4.78 is 0. The molecule has 1 aromatic heterocycles. The van der Waals surface area contributed by atoms with Gasteiger partial charge in [0.2, 0.25) is 23.6 Å². The molecule has 0 aromatic carbocycles. The fourth-order valence-corrected chi connectivity index (χ4v) is 2.54. The number of aliphatic hydroxyl groups is 1. The number of aliphatic hydroxyl groups excluding tert-OH is 1. The lowest BCUT2D eigenvalue weighted by Crippen LogP contribution is -2.59. The first kappa shape index (κ1) is 25.5. The first-order chi connectivity index (χ1) is 14.5. The van der Waals surface area contributed by atoms with Crippen LogP contribution in [0.3, 0.4) is 0 Å². The van der Waals surface area contributed by atoms with Crippen LogP contribution in [-0.2, 0) is 30.4 Å². The summed E-state index contributed by atoms with van der Waals surface area (Å²) in [5.74, 6) is -4.58. The fourth-order valence-electron chi connectivity index (χ4n) is 2.54. The largest absolute Gasteiger partial charge is 0.480 e. The molecule has 14 nitrogen and oxygen atoms in total. The van der Waals surface area contributed by atoms with E-state index in [0.29, 0.717) is 5.69 Å². The van der Waals surface area contributed by atoms with Gasteiger partial charge in [-0.3, -0.25) is 19.2 Å². The summed E-state index contributed by atoms with van der Waals surface area (Å²) in [4.78, 5) is 65.8. The maximum Gasteiger partial charge on any atom is 0.326 e. The SMILES string of the molecule is CC(O)C(NC(=O)CN)C(=O)NC(Cc1cnc[nH]1)C(=O)NC(CCC(N)=O)C(=O)O. The molecule has 0 aliphatic carbocycles. The Labute approximate surface area is 177 Å². The van der Waals surface area contributed by atoms with Gasteiger partial charge in [0.1, 0.15) is 18.1 Å². The van der Waals surface area contributed by atoms with Crippen molar-refractivity contribution in [1.82, 2.24) is 25.9 Å². The van der Waals surface area contributed by atoms with Crippen molar-refractivity contribution < 1.29 is 34.2 Å². The van der Waals surface area contributed by atoms with Crippen molar-refractivity contribution in [2.24, 2.45) is 11.5 Å². The highest BCUT2D eigenvalue weighted by atomic mass is 16.4. The second-order valence-electron chi connectivity index (χ2n) is 6.74. The van der Waals surface area contributed by atoms with Gasteiger partial charge in [0.05, 0.1) is 19.0 Å². The number of carboxylic acids is 1. The van der Waals surface area contributed by atoms with E-state index in [1.165, 1.54) is 19.4 Å². The van der Waals surface area contributed by atoms with Crippen molar-refractivity contribution in [3.05, 3.63) is 18.2 Å². The average Bonchev–Trinajstić information content (AvgIpc) is 3.20. The summed E-state index contributed by atoms with van der Waals surface area (Å²) in [5.41, 5.74) is 10.7. The minimum atomic E-state index is -1.43. The van der Waals surface area contributed by atoms with Crippen molar-refractivity contribution in [2.45, 2.75) is 50.4 Å². The lowest BCUT2D eigenvalue weighted by molar-refractivity contribution is -0.142. The molecule has 0 saturated heterocycles. The highest BCUT2D eigenvalue weighted by Gasteiger charge is 2.31. The average molecular weight is 441 g/mol. The third kappa shape index (κ3) is 8.79. The minimum absolute atomic E-state index is 0.100. The van der Waals surface area contributed by atoms with Crippen LogP contribution < -0.4 is 27.4 Å². The Morgan fingerprint density at radius 2 is 1.77 bits per heavy atom. The van der Waals surface area contributed by atoms with Crippen LogP contribution in [0.15, 0.2) is 12.5 Å². The fraction of sp³-hybridized carbons (Fsp3) is 0.529. The molecule has 31 heavy (non-hydrogen) atoms. The third-order valence-electron chi connectivity index (χ3n) is 4.17. The number of carbonyl (C=O) groups excluding carboxylic acids is 4. The maximum atomic E-state index is 12.7. The van der Waals surface area contributed by atoms with Gasteiger partial charge in [0.15, 0.2) is 0 Å². The number of hydrogen-bond donors (Lipinski definition) is 8. The van der Waals surface area contributed by atoms with E-state index in [-0.39, 0.29) is 19.3 Å². The number of nitrogens with one attached hydrogen (secondary N) is 4. The zero-order valence-electron chi connectivity index (χ0n) is 16.8. The van der Waals surface area contributed by atoms with E-state index in [1.54, 1.807) is 0 Å². The molecular weight excluding hydrogens is 414 g/mol. The summed E-state index contributed by atoms with van der Waals surface area (Å²) in [6, 6.07) is -4.12. The van der Waals surface area contributed by atoms with Crippen LogP contribution in [0.5, 0.6) is 0 Å². The predicted molar refractivity (Wildman–Crippen MR) is 105 cm³/mol. The Morgan fingerprint density at radius 1 is 1.13 bits per heavy atom. The van der Waals surface area contributed by atoms with Crippen molar-refractivity contribution in [3.63, 3.8) is 0 Å². The monoisotopic (exact) mass is 441 g/mol. The number of carbonyl (C=O) groups is 5. The number of hydrogen-bond acceptors (Lipinski definition) is 8. The van der Waals surface area contributed by atoms with E-state index < -0.39 is 60.4 Å². The van der Waals surface area contributed by atoms with Gasteiger partial charge in [0, 0.05) is 24.7 Å². The molecule has 0 spiro atoms. The van der Waals surface area contributed by atoms with Gasteiger partial charge in [-0.1, -0.05) is 0 Å². The second kappa shape index (κ2) is 12.2. The zero-order valence-corrected chi connectivity index (χ0v) is 16.8. The van der Waals surface area contributed by atoms with E-state index in [9.17, 15) is 34.2 Å². The van der Waals surface area contributed by atoms with Crippen LogP contribution in [0, 0.1) is 0 Å². The Kier molecular flexibility index (Phi) is 10.1. The molecule has 1 rings (SSSR count). The molecule has 0 radical (unpaired) electrons. The normalized spacial score (nSPS) is 14.5. The Bertz CT molecular complexity index is 782. The number of nitrogens with zero attached hydrogens (tertiary/aromatic N) is 1. The minimum Gasteiger partial charge on any atom is -0.480 e. The number of aromatic amines is 1. The molecule has 0 saturated carbocycles. The summed E-state index contributed by atoms with van der Waals surface area (Å²) in [6.45, 7) is 0.837. The first-order valence-electron chi connectivity index (χ1n) is 9.31. The van der Waals surface area contributed by atoms with Crippen molar-refractivity contribution >= 4 is 29.6 Å². The van der Waals surface area contributed by atoms with Gasteiger partial charge in [-0.15, -0.1) is 0 Å². The van der Waals surface area contributed by atoms with E-state index in [2.05, 4.69) is 25.9 Å². The van der Waals surface area contributed by atoms with Crippen LogP contribution >= 0.6 is 0 Å². The van der Waals surface area contributed by atoms with Crippen molar-refractivity contribution in [2.75, 3.05) is 6.54 Å². The highest BCUT2D eigenvalue weighted by Crippen LogP contribution is 2.04. The van der Waals surface area contributed by atoms with E-state index in [1.807, 2.05) is 0 Å². The summed E-state index contributed by atoms with van der Waals surface area (Å²) in [7, 11) is 0. The number of imidazole rings is 1. The molecule has 4 atom stereocenters. The standard InChI is InChI=1S/C17H27N7O7/c1-8(25)14(24-13(27)5-18)16(29)23-11(4-9-6-20-7-21-9)15(28)22-10(17(30)31)2-3-12(19)26/h6-8,10-11,14,25H,2-5,18H2,1H3,(H2,19,26)(H,20,21)(H,22,28)(H,23,29)(H,24,27)(H,30,31). The first-order valence-corrected chi connectivity index (χ1v) is 9.31. The lowest BCUT2D eigenvalue weighted by Gasteiger charge is -2.25. The van der Waals surface area contributed by atoms with Gasteiger partial charge in [0.25, 0.3) is 0 Å². The van der Waals surface area contributed by atoms with Gasteiger partial charge >= 0.3 is 5.97 Å². The van der Waals surface area contributed by atoms with E-state index >= 15 is 0 Å². The number of amides is 4. The Morgan fingerprint density at radius 3 is 2.26 bits per heavy atom. The molecular formula is C17H27N7O7. The number of aliphatic carboxylic acids is 1. The molecule has 172 valence electrons. The number of carboxylic acid groups (broad SMARTS) is 1. The number of H-pyrrole nitrogens is 1. The van der Waals surface area contributed by atoms with Crippen LogP contribution in [0.25, 0.3) is 0 Å². The smallest absolute Gasteiger partial charge is 0.326 e. The molecule has 4 amide bonds. The van der Waals surface area contributed by atoms with Crippen LogP contribution in [-0.4, -0.2) is 80.6 Å². The molecule has 0 aliphatic heterocycles. The van der Waals surface area contributed by atoms with E-state index in [0.717, 1.165) is 0 Å². The molecule has 0 bridgehead atoms. The van der Waals surface area contributed by atoms with Gasteiger partial charge < -0.3 is 42.6 Å². The lowest BCUT2D eigenvalue weighted by atomic mass is 10.1. The maximum absolute atomic E-state index is 12.7. The second-order valence-corrected chi connectivity index (χ2v) is 6.74. The number of primary amides is 1. The number of rotatable bonds is 13. The molecule has 1 aromatic rings. The predicted octanol–water partition coefficient (Wildman–Crippen LogP) is -3.90. The van der Waals surface area contributed by atoms with Crippen molar-refractivity contribution in [3.8, 4) is 0 Å². The Hall–Kier alpha value is -3.52. The topological polar surface area (TPSA) is 243 Å². The molecule has 14 heteroatoms. The number of aromatic nitrogens is 2. The zero-order chi connectivity index (χ0) is 23.6. The molecule has 4 unspecified atom stereocenters. The van der Waals surface area contributed by atoms with Crippen molar-refractivity contribution in [1.29, 1.82) is 0 Å². The van der Waals surface area contributed by atoms with E-state index in [4.69, 9.17) is 11.5 Å². The molecule has 0 aliphatic rings. The molecule has 10 N–H and O–H groups in total. The summed E-state index contributed by atoms with van der Waals surface area (Å²) in [6.07, 6.45) is 0.814. The Balaban J connectivity index is 3.00. The highest BCUT2D eigenvalue weighted by molar-refractivity contribution is 5.94. The quantitative estimate of drug-likeness (QED) is 0.149. The van der Waals surface area contributed by atoms with Gasteiger partial charge in [-0.05, 0) is 13.3 Å². The third-order valence-corrected chi connectivity index (χ3v) is 4.17. The number of nitrogens with two attached hydrogens (primary N) is 2. The van der Waals surface area contributed by atoms with Crippen LogP contribution in [0.4, 0.5) is 0 Å². The van der Waals surface area contributed by atoms with Gasteiger partial charge in [-0.25, -0.2) is 9.78 Å². The van der Waals surface area contributed by atoms with Crippen LogP contribution in [0.2, 0.25) is 0 Å². The molecule has 0 fully saturated rings. The van der Waals surface area contributed by atoms with Crippen LogP contribution in [0.1, 0.15) is 25.5 Å². The van der Waals surface area contributed by atoms with Gasteiger partial charge in [-0.2, -0.15) is 0 Å². The summed E-state index contributed by atoms with van der Waals surface area (Å²) in [5, 5.41) is 26.0. The molecule has 1 heterocycles. The summed E-state index contributed by atoms with van der Waals surface area (Å²) >= 11 is 0.